The molecule has 0 spiro atoms. The predicted molar refractivity (Wildman–Crippen MR) is 67.8 cm³/mol. The Kier molecular flexibility index (Phi) is 4.87. The highest BCUT2D eigenvalue weighted by Crippen LogP contribution is 2.12. The van der Waals surface area contributed by atoms with Crippen LogP contribution in [0.25, 0.3) is 0 Å². The van der Waals surface area contributed by atoms with Crippen LogP contribution in [0.1, 0.15) is 31.7 Å². The molecule has 1 aromatic rings. The SMILES string of the molecule is CC(=O)CCCCc1ccc(S(C)(=O)=O)cc1. The lowest BCUT2D eigenvalue weighted by Gasteiger charge is -2.02. The maximum Gasteiger partial charge on any atom is 0.175 e. The predicted octanol–water partition coefficient (Wildman–Crippen LogP) is 2.39. The minimum atomic E-state index is -3.10. The van der Waals surface area contributed by atoms with Crippen LogP contribution in [-0.2, 0) is 21.1 Å². The van der Waals surface area contributed by atoms with E-state index in [-0.39, 0.29) is 5.78 Å². The molecule has 0 saturated carbocycles. The first-order valence-corrected chi connectivity index (χ1v) is 7.57. The first-order chi connectivity index (χ1) is 7.89. The number of carbonyl (C=O) groups is 1. The van der Waals surface area contributed by atoms with Crippen LogP contribution in [0, 0.1) is 0 Å². The Labute approximate surface area is 103 Å². The van der Waals surface area contributed by atoms with Crippen molar-refractivity contribution in [2.45, 2.75) is 37.5 Å². The molecule has 0 aliphatic rings. The van der Waals surface area contributed by atoms with Crippen molar-refractivity contribution in [3.63, 3.8) is 0 Å². The lowest BCUT2D eigenvalue weighted by Crippen LogP contribution is -1.97. The van der Waals surface area contributed by atoms with Crippen LogP contribution in [0.15, 0.2) is 29.2 Å². The molecule has 0 N–H and O–H groups in total. The first kappa shape index (κ1) is 13.9. The van der Waals surface area contributed by atoms with Crippen LogP contribution in [0.3, 0.4) is 0 Å². The molecular weight excluding hydrogens is 236 g/mol. The van der Waals surface area contributed by atoms with Gasteiger partial charge in [0.2, 0.25) is 0 Å². The van der Waals surface area contributed by atoms with Gasteiger partial charge in [0.25, 0.3) is 0 Å². The maximum absolute atomic E-state index is 11.2. The van der Waals surface area contributed by atoms with E-state index in [1.54, 1.807) is 19.1 Å². The number of ketones is 1. The van der Waals surface area contributed by atoms with Gasteiger partial charge in [-0.15, -0.1) is 0 Å². The van der Waals surface area contributed by atoms with Crippen LogP contribution >= 0.6 is 0 Å². The summed E-state index contributed by atoms with van der Waals surface area (Å²) in [5, 5.41) is 0. The van der Waals surface area contributed by atoms with Crippen molar-refractivity contribution in [2.24, 2.45) is 0 Å². The Balaban J connectivity index is 2.49. The summed E-state index contributed by atoms with van der Waals surface area (Å²) < 4.78 is 22.5. The Morgan fingerprint density at radius 3 is 2.18 bits per heavy atom. The fourth-order valence-corrected chi connectivity index (χ4v) is 2.24. The molecule has 4 heteroatoms. The molecule has 0 aliphatic heterocycles. The number of hydrogen-bond donors (Lipinski definition) is 0. The van der Waals surface area contributed by atoms with Crippen LogP contribution in [0.2, 0.25) is 0 Å². The average Bonchev–Trinajstić information content (AvgIpc) is 2.23. The molecule has 0 atom stereocenters. The molecule has 0 radical (unpaired) electrons. The molecule has 0 amide bonds. The highest BCUT2D eigenvalue weighted by Gasteiger charge is 2.05. The molecule has 0 aromatic heterocycles. The van der Waals surface area contributed by atoms with Crippen LogP contribution in [-0.4, -0.2) is 20.5 Å². The molecule has 0 aliphatic carbocycles. The van der Waals surface area contributed by atoms with Gasteiger partial charge in [-0.25, -0.2) is 8.42 Å². The van der Waals surface area contributed by atoms with E-state index in [0.29, 0.717) is 11.3 Å². The van der Waals surface area contributed by atoms with Crippen molar-refractivity contribution >= 4 is 15.6 Å². The number of unbranched alkanes of at least 4 members (excludes halogenated alkanes) is 1. The number of rotatable bonds is 6. The Bertz CT molecular complexity index is 472. The number of carbonyl (C=O) groups excluding carboxylic acids is 1. The lowest BCUT2D eigenvalue weighted by atomic mass is 10.1. The quantitative estimate of drug-likeness (QED) is 0.732. The second kappa shape index (κ2) is 5.96. The summed E-state index contributed by atoms with van der Waals surface area (Å²) in [5.41, 5.74) is 1.11. The molecule has 3 nitrogen and oxygen atoms in total. The minimum absolute atomic E-state index is 0.220. The van der Waals surface area contributed by atoms with E-state index in [9.17, 15) is 13.2 Å². The van der Waals surface area contributed by atoms with Crippen LogP contribution in [0.5, 0.6) is 0 Å². The molecule has 0 heterocycles. The van der Waals surface area contributed by atoms with E-state index in [1.165, 1.54) is 6.26 Å². The van der Waals surface area contributed by atoms with E-state index < -0.39 is 9.84 Å². The third-order valence-electron chi connectivity index (χ3n) is 2.60. The molecular formula is C13H18O3S. The molecule has 0 fully saturated rings. The van der Waals surface area contributed by atoms with Gasteiger partial charge in [-0.05, 0) is 43.9 Å². The van der Waals surface area contributed by atoms with E-state index >= 15 is 0 Å². The number of sulfone groups is 1. The van der Waals surface area contributed by atoms with Crippen molar-refractivity contribution in [3.8, 4) is 0 Å². The summed E-state index contributed by atoms with van der Waals surface area (Å²) in [5.74, 6) is 0.220. The van der Waals surface area contributed by atoms with Crippen LogP contribution in [0.4, 0.5) is 0 Å². The number of benzene rings is 1. The largest absolute Gasteiger partial charge is 0.300 e. The van der Waals surface area contributed by atoms with E-state index in [2.05, 4.69) is 0 Å². The third-order valence-corrected chi connectivity index (χ3v) is 3.72. The second-order valence-corrected chi connectivity index (χ2v) is 6.34. The third kappa shape index (κ3) is 5.13. The fraction of sp³-hybridized carbons (Fsp3) is 0.462. The summed E-state index contributed by atoms with van der Waals surface area (Å²) in [7, 11) is -3.10. The number of hydrogen-bond acceptors (Lipinski definition) is 3. The Morgan fingerprint density at radius 1 is 1.12 bits per heavy atom. The Morgan fingerprint density at radius 2 is 1.71 bits per heavy atom. The summed E-state index contributed by atoms with van der Waals surface area (Å²) in [6, 6.07) is 6.94. The maximum atomic E-state index is 11.2. The zero-order valence-corrected chi connectivity index (χ0v) is 11.1. The topological polar surface area (TPSA) is 51.2 Å². The number of Topliss-reactive ketones (excluding diaryl/α,β-unsaturated/α-hetero) is 1. The van der Waals surface area contributed by atoms with E-state index in [1.807, 2.05) is 12.1 Å². The van der Waals surface area contributed by atoms with Crippen LogP contribution < -0.4 is 0 Å². The number of aryl methyl sites for hydroxylation is 1. The van der Waals surface area contributed by atoms with Gasteiger partial charge in [0.1, 0.15) is 5.78 Å². The van der Waals surface area contributed by atoms with Gasteiger partial charge in [-0.1, -0.05) is 12.1 Å². The summed E-state index contributed by atoms with van der Waals surface area (Å²) >= 11 is 0. The van der Waals surface area contributed by atoms with Crippen molar-refractivity contribution in [1.29, 1.82) is 0 Å². The van der Waals surface area contributed by atoms with E-state index in [4.69, 9.17) is 0 Å². The highest BCUT2D eigenvalue weighted by atomic mass is 32.2. The first-order valence-electron chi connectivity index (χ1n) is 5.68. The lowest BCUT2D eigenvalue weighted by molar-refractivity contribution is -0.117. The molecule has 0 unspecified atom stereocenters. The van der Waals surface area contributed by atoms with Crippen molar-refractivity contribution in [1.82, 2.24) is 0 Å². The highest BCUT2D eigenvalue weighted by molar-refractivity contribution is 7.90. The summed E-state index contributed by atoms with van der Waals surface area (Å²) in [4.78, 5) is 11.1. The minimum Gasteiger partial charge on any atom is -0.300 e. The van der Waals surface area contributed by atoms with Crippen molar-refractivity contribution in [3.05, 3.63) is 29.8 Å². The zero-order chi connectivity index (χ0) is 12.9. The van der Waals surface area contributed by atoms with Gasteiger partial charge in [-0.2, -0.15) is 0 Å². The van der Waals surface area contributed by atoms with Crippen molar-refractivity contribution in [2.75, 3.05) is 6.26 Å². The fourth-order valence-electron chi connectivity index (χ4n) is 1.61. The standard InChI is InChI=1S/C13H18O3S/c1-11(14)5-3-4-6-12-7-9-13(10-8-12)17(2,15)16/h7-10H,3-6H2,1-2H3. The monoisotopic (exact) mass is 254 g/mol. The average molecular weight is 254 g/mol. The molecule has 94 valence electrons. The molecule has 0 bridgehead atoms. The molecule has 1 rings (SSSR count). The van der Waals surface area contributed by atoms with Gasteiger partial charge < -0.3 is 4.79 Å². The Hall–Kier alpha value is -1.16. The molecule has 1 aromatic carbocycles. The summed E-state index contributed by atoms with van der Waals surface area (Å²) in [6.45, 7) is 1.60. The normalized spacial score (nSPS) is 11.4. The van der Waals surface area contributed by atoms with Gasteiger partial charge >= 0.3 is 0 Å². The zero-order valence-electron chi connectivity index (χ0n) is 10.3. The van der Waals surface area contributed by atoms with Gasteiger partial charge in [0, 0.05) is 12.7 Å². The van der Waals surface area contributed by atoms with E-state index in [0.717, 1.165) is 24.8 Å². The second-order valence-electron chi connectivity index (χ2n) is 4.33. The van der Waals surface area contributed by atoms with Crippen molar-refractivity contribution < 1.29 is 13.2 Å². The molecule has 0 saturated heterocycles. The summed E-state index contributed by atoms with van der Waals surface area (Å²) in [6.07, 6.45) is 4.56. The molecule has 17 heavy (non-hydrogen) atoms. The van der Waals surface area contributed by atoms with Gasteiger partial charge in [0.05, 0.1) is 4.90 Å². The van der Waals surface area contributed by atoms with Gasteiger partial charge in [-0.3, -0.25) is 0 Å². The van der Waals surface area contributed by atoms with Gasteiger partial charge in [0.15, 0.2) is 9.84 Å². The smallest absolute Gasteiger partial charge is 0.175 e.